The van der Waals surface area contributed by atoms with E-state index in [9.17, 15) is 13.2 Å². The molecule has 0 saturated carbocycles. The lowest BCUT2D eigenvalue weighted by Crippen LogP contribution is -2.14. The van der Waals surface area contributed by atoms with Crippen molar-refractivity contribution in [1.82, 2.24) is 0 Å². The molecule has 0 aromatic heterocycles. The van der Waals surface area contributed by atoms with Crippen LogP contribution in [0.4, 0.5) is 13.2 Å². The highest BCUT2D eigenvalue weighted by Crippen LogP contribution is 2.23. The summed E-state index contributed by atoms with van der Waals surface area (Å²) in [6.07, 6.45) is -5.55. The molecule has 0 radical (unpaired) electrons. The third-order valence-corrected chi connectivity index (χ3v) is 2.49. The number of rotatable bonds is 6. The van der Waals surface area contributed by atoms with Crippen molar-refractivity contribution in [3.8, 4) is 0 Å². The summed E-state index contributed by atoms with van der Waals surface area (Å²) in [4.78, 5) is 0. The Morgan fingerprint density at radius 1 is 1.31 bits per heavy atom. The van der Waals surface area contributed by atoms with Crippen molar-refractivity contribution in [2.45, 2.75) is 38.5 Å². The van der Waals surface area contributed by atoms with Crippen LogP contribution in [0.15, 0.2) is 0 Å². The normalized spacial score (nSPS) is 14.5. The van der Waals surface area contributed by atoms with Crippen molar-refractivity contribution in [2.24, 2.45) is 0 Å². The van der Waals surface area contributed by atoms with Gasteiger partial charge in [-0.1, -0.05) is 6.92 Å². The zero-order valence-corrected chi connectivity index (χ0v) is 8.42. The number of hydrogen-bond acceptors (Lipinski definition) is 2. The van der Waals surface area contributed by atoms with Gasteiger partial charge in [-0.2, -0.15) is 24.9 Å². The lowest BCUT2D eigenvalue weighted by atomic mass is 10.1. The maximum atomic E-state index is 11.7. The van der Waals surface area contributed by atoms with E-state index in [1.807, 2.05) is 6.92 Å². The minimum Gasteiger partial charge on any atom is -0.393 e. The van der Waals surface area contributed by atoms with Crippen LogP contribution >= 0.6 is 11.8 Å². The number of halogens is 3. The molecule has 0 aliphatic heterocycles. The van der Waals surface area contributed by atoms with Gasteiger partial charge in [-0.25, -0.2) is 0 Å². The first kappa shape index (κ1) is 13.1. The molecule has 0 fully saturated rings. The summed E-state index contributed by atoms with van der Waals surface area (Å²) >= 11 is 1.63. The largest absolute Gasteiger partial charge is 0.393 e. The molecule has 0 aromatic rings. The predicted molar refractivity (Wildman–Crippen MR) is 48.9 cm³/mol. The molecule has 0 amide bonds. The van der Waals surface area contributed by atoms with Crippen LogP contribution in [0.2, 0.25) is 0 Å². The number of thioether (sulfide) groups is 1. The molecule has 0 aliphatic rings. The van der Waals surface area contributed by atoms with Gasteiger partial charge in [0, 0.05) is 6.42 Å². The Bertz CT molecular complexity index is 127. The second-order valence-electron chi connectivity index (χ2n) is 2.79. The summed E-state index contributed by atoms with van der Waals surface area (Å²) in [6.45, 7) is 1.98. The first-order chi connectivity index (χ1) is 5.95. The second kappa shape index (κ2) is 6.54. The van der Waals surface area contributed by atoms with Crippen LogP contribution in [-0.2, 0) is 0 Å². The van der Waals surface area contributed by atoms with E-state index in [1.165, 1.54) is 0 Å². The van der Waals surface area contributed by atoms with Crippen LogP contribution < -0.4 is 0 Å². The third kappa shape index (κ3) is 10.0. The van der Waals surface area contributed by atoms with Gasteiger partial charge in [-0.05, 0) is 24.3 Å². The quantitative estimate of drug-likeness (QED) is 0.689. The zero-order valence-electron chi connectivity index (χ0n) is 7.60. The molecule has 5 heteroatoms. The molecular weight excluding hydrogens is 201 g/mol. The van der Waals surface area contributed by atoms with Crippen molar-refractivity contribution in [1.29, 1.82) is 0 Å². The zero-order chi connectivity index (χ0) is 10.3. The first-order valence-corrected chi connectivity index (χ1v) is 5.43. The molecule has 0 rings (SSSR count). The van der Waals surface area contributed by atoms with Crippen LogP contribution in [0.3, 0.4) is 0 Å². The van der Waals surface area contributed by atoms with E-state index in [0.29, 0.717) is 6.42 Å². The Labute approximate surface area is 80.7 Å². The number of hydrogen-bond donors (Lipinski definition) is 1. The maximum Gasteiger partial charge on any atom is 0.389 e. The summed E-state index contributed by atoms with van der Waals surface area (Å²) in [5.74, 6) is 1.67. The molecule has 0 saturated heterocycles. The molecule has 0 aromatic carbocycles. The van der Waals surface area contributed by atoms with Crippen LogP contribution in [0.5, 0.6) is 0 Å². The summed E-state index contributed by atoms with van der Waals surface area (Å²) in [5.41, 5.74) is 0. The molecule has 0 aliphatic carbocycles. The highest BCUT2D eigenvalue weighted by Gasteiger charge is 2.27. The fraction of sp³-hybridized carbons (Fsp3) is 1.00. The van der Waals surface area contributed by atoms with Gasteiger partial charge in [0.15, 0.2) is 0 Å². The molecular formula is C8H15F3OS. The van der Waals surface area contributed by atoms with Crippen molar-refractivity contribution in [2.75, 3.05) is 11.5 Å². The van der Waals surface area contributed by atoms with Crippen LogP contribution in [0, 0.1) is 0 Å². The number of alkyl halides is 3. The Morgan fingerprint density at radius 2 is 1.92 bits per heavy atom. The van der Waals surface area contributed by atoms with Crippen molar-refractivity contribution >= 4 is 11.8 Å². The molecule has 80 valence electrons. The molecule has 1 nitrogen and oxygen atoms in total. The van der Waals surface area contributed by atoms with E-state index < -0.39 is 18.7 Å². The molecule has 13 heavy (non-hydrogen) atoms. The van der Waals surface area contributed by atoms with Crippen LogP contribution in [0.25, 0.3) is 0 Å². The fourth-order valence-corrected chi connectivity index (χ4v) is 1.57. The molecule has 1 N–H and O–H groups in total. The van der Waals surface area contributed by atoms with Crippen molar-refractivity contribution < 1.29 is 18.3 Å². The average Bonchev–Trinajstić information content (AvgIpc) is 2.00. The van der Waals surface area contributed by atoms with E-state index in [4.69, 9.17) is 5.11 Å². The van der Waals surface area contributed by atoms with E-state index in [-0.39, 0.29) is 6.42 Å². The van der Waals surface area contributed by atoms with Gasteiger partial charge in [0.25, 0.3) is 0 Å². The van der Waals surface area contributed by atoms with Gasteiger partial charge in [0.1, 0.15) is 0 Å². The van der Waals surface area contributed by atoms with Gasteiger partial charge >= 0.3 is 6.18 Å². The fourth-order valence-electron chi connectivity index (χ4n) is 0.838. The monoisotopic (exact) mass is 216 g/mol. The van der Waals surface area contributed by atoms with E-state index >= 15 is 0 Å². The van der Waals surface area contributed by atoms with E-state index in [1.54, 1.807) is 11.8 Å². The Kier molecular flexibility index (Phi) is 6.59. The van der Waals surface area contributed by atoms with Gasteiger partial charge < -0.3 is 5.11 Å². The first-order valence-electron chi connectivity index (χ1n) is 4.28. The second-order valence-corrected chi connectivity index (χ2v) is 4.19. The molecule has 1 atom stereocenters. The van der Waals surface area contributed by atoms with Gasteiger partial charge in [-0.15, -0.1) is 0 Å². The maximum absolute atomic E-state index is 11.7. The summed E-state index contributed by atoms with van der Waals surface area (Å²) in [6, 6.07) is 0. The lowest BCUT2D eigenvalue weighted by molar-refractivity contribution is -0.139. The van der Waals surface area contributed by atoms with Gasteiger partial charge in [-0.3, -0.25) is 0 Å². The van der Waals surface area contributed by atoms with Gasteiger partial charge in [0.2, 0.25) is 0 Å². The summed E-state index contributed by atoms with van der Waals surface area (Å²) < 4.78 is 35.1. The van der Waals surface area contributed by atoms with Crippen molar-refractivity contribution in [3.63, 3.8) is 0 Å². The molecule has 1 unspecified atom stereocenters. The summed E-state index contributed by atoms with van der Waals surface area (Å²) in [5, 5.41) is 9.13. The Hall–Kier alpha value is 0.100. The van der Waals surface area contributed by atoms with Crippen LogP contribution in [0.1, 0.15) is 26.2 Å². The Balaban J connectivity index is 3.35. The minimum absolute atomic E-state index is 0.173. The van der Waals surface area contributed by atoms with E-state index in [2.05, 4.69) is 0 Å². The lowest BCUT2D eigenvalue weighted by Gasteiger charge is -2.11. The Morgan fingerprint density at radius 3 is 2.38 bits per heavy atom. The third-order valence-electron chi connectivity index (χ3n) is 1.56. The summed E-state index contributed by atoms with van der Waals surface area (Å²) in [7, 11) is 0. The number of aliphatic hydroxyl groups is 1. The van der Waals surface area contributed by atoms with Gasteiger partial charge in [0.05, 0.1) is 6.10 Å². The van der Waals surface area contributed by atoms with Crippen LogP contribution in [-0.4, -0.2) is 28.9 Å². The molecule has 0 bridgehead atoms. The number of aliphatic hydroxyl groups excluding tert-OH is 1. The highest BCUT2D eigenvalue weighted by atomic mass is 32.2. The highest BCUT2D eigenvalue weighted by molar-refractivity contribution is 7.99. The predicted octanol–water partition coefficient (Wildman–Crippen LogP) is 2.83. The molecule has 0 heterocycles. The average molecular weight is 216 g/mol. The standard InChI is InChI=1S/C8H15F3OS/c1-2-13-6-4-7(12)3-5-8(9,10)11/h7,12H,2-6H2,1H3. The van der Waals surface area contributed by atoms with E-state index in [0.717, 1.165) is 11.5 Å². The topological polar surface area (TPSA) is 20.2 Å². The minimum atomic E-state index is -4.14. The molecule has 0 spiro atoms. The van der Waals surface area contributed by atoms with Crippen molar-refractivity contribution in [3.05, 3.63) is 0 Å². The smallest absolute Gasteiger partial charge is 0.389 e. The SMILES string of the molecule is CCSCCC(O)CCC(F)(F)F.